The lowest BCUT2D eigenvalue weighted by Gasteiger charge is -2.33. The van der Waals surface area contributed by atoms with Crippen molar-refractivity contribution in [3.05, 3.63) is 88.3 Å². The molecule has 5 heterocycles. The van der Waals surface area contributed by atoms with Crippen molar-refractivity contribution in [2.45, 2.75) is 25.3 Å². The monoisotopic (exact) mass is 528 g/mol. The Bertz CT molecular complexity index is 1800. The van der Waals surface area contributed by atoms with Crippen LogP contribution < -0.4 is 10.2 Å². The van der Waals surface area contributed by atoms with Crippen LogP contribution in [-0.4, -0.2) is 41.5 Å². The average Bonchev–Trinajstić information content (AvgIpc) is 3.57. The Balaban J connectivity index is 1.46. The number of aromatic nitrogens is 6. The maximum Gasteiger partial charge on any atom is 0.243 e. The van der Waals surface area contributed by atoms with E-state index >= 15 is 0 Å². The van der Waals surface area contributed by atoms with E-state index in [4.69, 9.17) is 11.6 Å². The van der Waals surface area contributed by atoms with Gasteiger partial charge in [0.25, 0.3) is 0 Å². The van der Waals surface area contributed by atoms with Gasteiger partial charge in [0.1, 0.15) is 28.9 Å². The van der Waals surface area contributed by atoms with Crippen molar-refractivity contribution in [3.63, 3.8) is 0 Å². The molecule has 2 aliphatic rings. The van der Waals surface area contributed by atoms with Gasteiger partial charge in [-0.3, -0.25) is 9.59 Å². The van der Waals surface area contributed by atoms with Gasteiger partial charge in [0.05, 0.1) is 18.6 Å². The molecule has 3 aromatic heterocycles. The number of amides is 2. The summed E-state index contributed by atoms with van der Waals surface area (Å²) < 4.78 is 16.2. The Morgan fingerprint density at radius 2 is 1.92 bits per heavy atom. The smallest absolute Gasteiger partial charge is 0.243 e. The van der Waals surface area contributed by atoms with Gasteiger partial charge in [0.15, 0.2) is 11.5 Å². The number of aromatic amines is 1. The Kier molecular flexibility index (Phi) is 4.70. The number of fused-ring (bicyclic) bond motifs is 5. The number of hydrogen-bond acceptors (Lipinski definition) is 6. The standard InChI is InChI=1S/C26H18ClFN8O2/c1-13-20-23(36(34-13)24-21-22(30-11-29-21)31-12-32-24)33-19(37)9-26(20)17-8-16(28)6-7-18(17)35(25(26)38)10-14-2-4-15(27)5-3-14/h2-8,11-12H,9-10H2,1H3,(H,33,37)(H,29,30,31,32)/t26-/m0/s1. The van der Waals surface area contributed by atoms with Crippen LogP contribution in [0.3, 0.4) is 0 Å². The van der Waals surface area contributed by atoms with Gasteiger partial charge in [-0.25, -0.2) is 19.3 Å². The summed E-state index contributed by atoms with van der Waals surface area (Å²) in [6.45, 7) is 1.98. The largest absolute Gasteiger partial charge is 0.340 e. The van der Waals surface area contributed by atoms with Crippen molar-refractivity contribution >= 4 is 46.1 Å². The zero-order valence-electron chi connectivity index (χ0n) is 19.9. The number of rotatable bonds is 3. The lowest BCUT2D eigenvalue weighted by Crippen LogP contribution is -2.46. The molecule has 2 aromatic carbocycles. The minimum absolute atomic E-state index is 0.192. The number of nitrogens with zero attached hydrogens (tertiary/aromatic N) is 6. The normalized spacial score (nSPS) is 18.2. The molecule has 0 aliphatic carbocycles. The molecule has 1 spiro atoms. The number of hydrogen-bond donors (Lipinski definition) is 2. The Labute approximate surface area is 219 Å². The number of aryl methyl sites for hydroxylation is 1. The molecule has 2 amide bonds. The zero-order valence-corrected chi connectivity index (χ0v) is 20.6. The second-order valence-corrected chi connectivity index (χ2v) is 9.77. The van der Waals surface area contributed by atoms with E-state index in [9.17, 15) is 14.0 Å². The van der Waals surface area contributed by atoms with Gasteiger partial charge in [-0.2, -0.15) is 9.78 Å². The van der Waals surface area contributed by atoms with Crippen molar-refractivity contribution < 1.29 is 14.0 Å². The van der Waals surface area contributed by atoms with Gasteiger partial charge in [0.2, 0.25) is 11.8 Å². The highest BCUT2D eigenvalue weighted by atomic mass is 35.5. The molecule has 7 rings (SSSR count). The second kappa shape index (κ2) is 7.93. The number of carbonyl (C=O) groups excluding carboxylic acids is 2. The molecular weight excluding hydrogens is 511 g/mol. The van der Waals surface area contributed by atoms with Crippen molar-refractivity contribution in [2.75, 3.05) is 10.2 Å². The minimum atomic E-state index is -1.47. The topological polar surface area (TPSA) is 122 Å². The number of halogens is 2. The van der Waals surface area contributed by atoms with E-state index in [0.29, 0.717) is 50.3 Å². The molecule has 0 fully saturated rings. The summed E-state index contributed by atoms with van der Waals surface area (Å²) in [6, 6.07) is 11.4. The number of H-pyrrole nitrogens is 1. The third kappa shape index (κ3) is 3.05. The maximum atomic E-state index is 14.7. The number of nitrogens with one attached hydrogen (secondary N) is 2. The van der Waals surface area contributed by atoms with Gasteiger partial charge in [0, 0.05) is 22.7 Å². The molecule has 0 saturated heterocycles. The van der Waals surface area contributed by atoms with Crippen LogP contribution in [0.1, 0.15) is 28.8 Å². The Morgan fingerprint density at radius 1 is 1.11 bits per heavy atom. The molecule has 5 aromatic rings. The van der Waals surface area contributed by atoms with Crippen LogP contribution >= 0.6 is 11.6 Å². The fourth-order valence-electron chi connectivity index (χ4n) is 5.61. The minimum Gasteiger partial charge on any atom is -0.340 e. The van der Waals surface area contributed by atoms with Crippen LogP contribution in [0, 0.1) is 12.7 Å². The van der Waals surface area contributed by atoms with Crippen molar-refractivity contribution in [2.24, 2.45) is 0 Å². The van der Waals surface area contributed by atoms with Crippen LogP contribution in [0.25, 0.3) is 17.0 Å². The first-order valence-corrected chi connectivity index (χ1v) is 12.2. The van der Waals surface area contributed by atoms with E-state index in [-0.39, 0.29) is 18.9 Å². The quantitative estimate of drug-likeness (QED) is 0.367. The number of imidazole rings is 1. The third-order valence-corrected chi connectivity index (χ3v) is 7.40. The predicted octanol–water partition coefficient (Wildman–Crippen LogP) is 3.81. The van der Waals surface area contributed by atoms with E-state index < -0.39 is 17.1 Å². The fourth-order valence-corrected chi connectivity index (χ4v) is 5.73. The van der Waals surface area contributed by atoms with E-state index in [0.717, 1.165) is 5.56 Å². The second-order valence-electron chi connectivity index (χ2n) is 9.33. The molecule has 12 heteroatoms. The van der Waals surface area contributed by atoms with Crippen LogP contribution in [0.2, 0.25) is 5.02 Å². The highest BCUT2D eigenvalue weighted by Crippen LogP contribution is 2.54. The SMILES string of the molecule is Cc1nn(-c2ncnc3nc[nH]c23)c2c1[C@@]1(CC(=O)N2)C(=O)N(Cc2ccc(Cl)cc2)c2ccc(F)cc21. The fraction of sp³-hybridized carbons (Fsp3) is 0.154. The maximum absolute atomic E-state index is 14.7. The number of anilines is 2. The summed E-state index contributed by atoms with van der Waals surface area (Å²) >= 11 is 6.05. The van der Waals surface area contributed by atoms with Gasteiger partial charge in [-0.15, -0.1) is 0 Å². The summed E-state index contributed by atoms with van der Waals surface area (Å²) in [5, 5.41) is 8.14. The number of benzene rings is 2. The molecule has 188 valence electrons. The van der Waals surface area contributed by atoms with Crippen LogP contribution in [0.4, 0.5) is 15.9 Å². The van der Waals surface area contributed by atoms with E-state index in [2.05, 4.69) is 30.4 Å². The average molecular weight is 529 g/mol. The molecule has 0 saturated carbocycles. The Hall–Kier alpha value is -4.64. The summed E-state index contributed by atoms with van der Waals surface area (Å²) in [6.07, 6.45) is 2.64. The molecule has 2 N–H and O–H groups in total. The van der Waals surface area contributed by atoms with E-state index in [1.165, 1.54) is 29.5 Å². The molecule has 10 nitrogen and oxygen atoms in total. The van der Waals surface area contributed by atoms with Crippen molar-refractivity contribution in [1.82, 2.24) is 29.7 Å². The zero-order chi connectivity index (χ0) is 26.2. The lowest BCUT2D eigenvalue weighted by molar-refractivity contribution is -0.126. The third-order valence-electron chi connectivity index (χ3n) is 7.15. The molecule has 0 unspecified atom stereocenters. The van der Waals surface area contributed by atoms with Crippen molar-refractivity contribution in [1.29, 1.82) is 0 Å². The Morgan fingerprint density at radius 3 is 2.74 bits per heavy atom. The first-order valence-electron chi connectivity index (χ1n) is 11.8. The molecule has 2 aliphatic heterocycles. The first kappa shape index (κ1) is 22.5. The van der Waals surface area contributed by atoms with Crippen LogP contribution in [0.15, 0.2) is 55.1 Å². The highest BCUT2D eigenvalue weighted by molar-refractivity contribution is 6.30. The van der Waals surface area contributed by atoms with Gasteiger partial charge >= 0.3 is 0 Å². The van der Waals surface area contributed by atoms with Gasteiger partial charge < -0.3 is 15.2 Å². The molecule has 0 radical (unpaired) electrons. The summed E-state index contributed by atoms with van der Waals surface area (Å²) in [7, 11) is 0. The molecule has 1 atom stereocenters. The molecule has 38 heavy (non-hydrogen) atoms. The number of carbonyl (C=O) groups is 2. The highest BCUT2D eigenvalue weighted by Gasteiger charge is 2.58. The molecular formula is C26H18ClFN8O2. The summed E-state index contributed by atoms with van der Waals surface area (Å²) in [5.41, 5.74) is 2.27. The summed E-state index contributed by atoms with van der Waals surface area (Å²) in [5.74, 6) is -0.578. The van der Waals surface area contributed by atoms with Gasteiger partial charge in [-0.05, 0) is 48.4 Å². The van der Waals surface area contributed by atoms with Crippen LogP contribution in [0.5, 0.6) is 0 Å². The molecule has 0 bridgehead atoms. The predicted molar refractivity (Wildman–Crippen MR) is 137 cm³/mol. The van der Waals surface area contributed by atoms with Crippen molar-refractivity contribution in [3.8, 4) is 5.82 Å². The van der Waals surface area contributed by atoms with Gasteiger partial charge in [-0.1, -0.05) is 23.7 Å². The first-order chi connectivity index (χ1) is 18.4. The summed E-state index contributed by atoms with van der Waals surface area (Å²) in [4.78, 5) is 44.9. The van der Waals surface area contributed by atoms with E-state index in [1.807, 2.05) is 12.1 Å². The van der Waals surface area contributed by atoms with Crippen LogP contribution in [-0.2, 0) is 21.5 Å². The lowest BCUT2D eigenvalue weighted by atomic mass is 9.70. The van der Waals surface area contributed by atoms with E-state index in [1.54, 1.807) is 30.0 Å².